The van der Waals surface area contributed by atoms with Gasteiger partial charge in [0.25, 0.3) is 0 Å². The van der Waals surface area contributed by atoms with Crippen LogP contribution >= 0.6 is 0 Å². The van der Waals surface area contributed by atoms with Gasteiger partial charge in [0.15, 0.2) is 0 Å². The fraction of sp³-hybridized carbons (Fsp3) is 0.300. The molecule has 1 aliphatic carbocycles. The molecule has 1 aliphatic rings. The maximum absolute atomic E-state index is 12.6. The summed E-state index contributed by atoms with van der Waals surface area (Å²) < 4.78 is 2.03. The van der Waals surface area contributed by atoms with Crippen LogP contribution in [0.2, 0.25) is 0 Å². The highest BCUT2D eigenvalue weighted by Crippen LogP contribution is 2.30. The SMILES string of the molecule is CCc1nc2ccccc2n1CC(=O)N[C@H]1CCc2ccccc21. The minimum absolute atomic E-state index is 0.0505. The van der Waals surface area contributed by atoms with E-state index in [0.29, 0.717) is 6.54 Å². The van der Waals surface area contributed by atoms with Crippen molar-refractivity contribution in [1.82, 2.24) is 14.9 Å². The molecule has 1 heterocycles. The lowest BCUT2D eigenvalue weighted by Gasteiger charge is -2.15. The van der Waals surface area contributed by atoms with E-state index >= 15 is 0 Å². The Morgan fingerprint density at radius 1 is 1.21 bits per heavy atom. The molecule has 3 aromatic rings. The molecule has 1 N–H and O–H groups in total. The Morgan fingerprint density at radius 2 is 2.00 bits per heavy atom. The molecule has 4 heteroatoms. The van der Waals surface area contributed by atoms with E-state index in [2.05, 4.69) is 35.4 Å². The van der Waals surface area contributed by atoms with Gasteiger partial charge in [-0.3, -0.25) is 4.79 Å². The summed E-state index contributed by atoms with van der Waals surface area (Å²) in [6.45, 7) is 2.39. The number of carbonyl (C=O) groups is 1. The molecule has 0 saturated carbocycles. The quantitative estimate of drug-likeness (QED) is 0.801. The summed E-state index contributed by atoms with van der Waals surface area (Å²) in [6.07, 6.45) is 2.83. The summed E-state index contributed by atoms with van der Waals surface area (Å²) in [5, 5.41) is 3.20. The smallest absolute Gasteiger partial charge is 0.240 e. The van der Waals surface area contributed by atoms with Crippen molar-refractivity contribution in [3.8, 4) is 0 Å². The maximum atomic E-state index is 12.6. The number of imidazole rings is 1. The molecular formula is C20H21N3O. The van der Waals surface area contributed by atoms with Crippen LogP contribution in [-0.2, 0) is 24.2 Å². The molecule has 0 saturated heterocycles. The van der Waals surface area contributed by atoms with Crippen molar-refractivity contribution >= 4 is 16.9 Å². The average molecular weight is 319 g/mol. The van der Waals surface area contributed by atoms with Gasteiger partial charge in [0, 0.05) is 6.42 Å². The van der Waals surface area contributed by atoms with Crippen LogP contribution in [0.3, 0.4) is 0 Å². The molecule has 0 radical (unpaired) electrons. The van der Waals surface area contributed by atoms with Crippen LogP contribution in [0.4, 0.5) is 0 Å². The molecule has 0 unspecified atom stereocenters. The van der Waals surface area contributed by atoms with Crippen molar-refractivity contribution in [2.75, 3.05) is 0 Å². The first-order valence-electron chi connectivity index (χ1n) is 8.57. The highest BCUT2D eigenvalue weighted by molar-refractivity contribution is 5.81. The zero-order chi connectivity index (χ0) is 16.5. The van der Waals surface area contributed by atoms with E-state index in [1.165, 1.54) is 11.1 Å². The lowest BCUT2D eigenvalue weighted by molar-refractivity contribution is -0.122. The van der Waals surface area contributed by atoms with Crippen molar-refractivity contribution in [3.63, 3.8) is 0 Å². The number of aryl methyl sites for hydroxylation is 2. The molecule has 4 nitrogen and oxygen atoms in total. The fourth-order valence-electron chi connectivity index (χ4n) is 3.66. The number of fused-ring (bicyclic) bond motifs is 2. The Bertz CT molecular complexity index is 897. The molecule has 0 spiro atoms. The second-order valence-corrected chi connectivity index (χ2v) is 6.31. The van der Waals surface area contributed by atoms with Gasteiger partial charge in [0.05, 0.1) is 17.1 Å². The van der Waals surface area contributed by atoms with E-state index in [9.17, 15) is 4.79 Å². The predicted octanol–water partition coefficient (Wildman–Crippen LogP) is 3.40. The van der Waals surface area contributed by atoms with E-state index in [0.717, 1.165) is 36.1 Å². The Hall–Kier alpha value is -2.62. The van der Waals surface area contributed by atoms with Gasteiger partial charge in [-0.2, -0.15) is 0 Å². The van der Waals surface area contributed by atoms with E-state index in [-0.39, 0.29) is 11.9 Å². The number of amides is 1. The Labute approximate surface area is 141 Å². The first-order valence-corrected chi connectivity index (χ1v) is 8.57. The van der Waals surface area contributed by atoms with Crippen molar-refractivity contribution in [1.29, 1.82) is 0 Å². The molecule has 0 fully saturated rings. The molecule has 4 rings (SSSR count). The summed E-state index contributed by atoms with van der Waals surface area (Å²) >= 11 is 0. The molecule has 24 heavy (non-hydrogen) atoms. The lowest BCUT2D eigenvalue weighted by Crippen LogP contribution is -2.31. The van der Waals surface area contributed by atoms with Crippen molar-refractivity contribution < 1.29 is 4.79 Å². The Kier molecular flexibility index (Phi) is 3.81. The second-order valence-electron chi connectivity index (χ2n) is 6.31. The molecule has 1 amide bonds. The molecular weight excluding hydrogens is 298 g/mol. The van der Waals surface area contributed by atoms with Crippen molar-refractivity contribution in [2.45, 2.75) is 38.8 Å². The molecule has 2 aromatic carbocycles. The third kappa shape index (κ3) is 2.58. The summed E-state index contributed by atoms with van der Waals surface area (Å²) in [6, 6.07) is 16.5. The third-order valence-corrected chi connectivity index (χ3v) is 4.82. The van der Waals surface area contributed by atoms with Gasteiger partial charge in [0.1, 0.15) is 12.4 Å². The molecule has 0 bridgehead atoms. The Morgan fingerprint density at radius 3 is 2.88 bits per heavy atom. The number of rotatable bonds is 4. The van der Waals surface area contributed by atoms with Gasteiger partial charge in [-0.05, 0) is 36.1 Å². The van der Waals surface area contributed by atoms with Crippen LogP contribution < -0.4 is 5.32 Å². The molecule has 1 aromatic heterocycles. The molecule has 1 atom stereocenters. The van der Waals surface area contributed by atoms with Gasteiger partial charge in [-0.1, -0.05) is 43.3 Å². The van der Waals surface area contributed by atoms with Gasteiger partial charge in [-0.15, -0.1) is 0 Å². The van der Waals surface area contributed by atoms with Gasteiger partial charge < -0.3 is 9.88 Å². The van der Waals surface area contributed by atoms with Crippen LogP contribution in [0, 0.1) is 0 Å². The first kappa shape index (κ1) is 14.9. The van der Waals surface area contributed by atoms with Crippen molar-refractivity contribution in [3.05, 3.63) is 65.5 Å². The van der Waals surface area contributed by atoms with Crippen LogP contribution in [0.15, 0.2) is 48.5 Å². The van der Waals surface area contributed by atoms with Crippen LogP contribution in [0.5, 0.6) is 0 Å². The largest absolute Gasteiger partial charge is 0.348 e. The van der Waals surface area contributed by atoms with E-state index in [1.54, 1.807) is 0 Å². The number of hydrogen-bond acceptors (Lipinski definition) is 2. The zero-order valence-corrected chi connectivity index (χ0v) is 13.8. The van der Waals surface area contributed by atoms with Gasteiger partial charge >= 0.3 is 0 Å². The number of carbonyl (C=O) groups excluding carboxylic acids is 1. The average Bonchev–Trinajstić information content (AvgIpc) is 3.17. The first-order chi connectivity index (χ1) is 11.8. The number of nitrogens with zero attached hydrogens (tertiary/aromatic N) is 2. The fourth-order valence-corrected chi connectivity index (χ4v) is 3.66. The summed E-state index contributed by atoms with van der Waals surface area (Å²) in [4.78, 5) is 17.3. The predicted molar refractivity (Wildman–Crippen MR) is 94.8 cm³/mol. The topological polar surface area (TPSA) is 46.9 Å². The third-order valence-electron chi connectivity index (χ3n) is 4.82. The van der Waals surface area contributed by atoms with Gasteiger partial charge in [0.2, 0.25) is 5.91 Å². The number of aromatic nitrogens is 2. The second kappa shape index (κ2) is 6.11. The normalized spacial score (nSPS) is 16.3. The minimum atomic E-state index is 0.0505. The molecule has 0 aliphatic heterocycles. The lowest BCUT2D eigenvalue weighted by atomic mass is 10.1. The standard InChI is InChI=1S/C20H21N3O/c1-2-19-21-17-9-5-6-10-18(17)23(19)13-20(24)22-16-12-11-14-7-3-4-8-15(14)16/h3-10,16H,2,11-13H2,1H3,(H,22,24)/t16-/m0/s1. The van der Waals surface area contributed by atoms with E-state index < -0.39 is 0 Å². The molecule has 122 valence electrons. The van der Waals surface area contributed by atoms with Crippen LogP contribution in [0.25, 0.3) is 11.0 Å². The number of nitrogens with one attached hydrogen (secondary N) is 1. The number of hydrogen-bond donors (Lipinski definition) is 1. The maximum Gasteiger partial charge on any atom is 0.240 e. The monoisotopic (exact) mass is 319 g/mol. The zero-order valence-electron chi connectivity index (χ0n) is 13.8. The summed E-state index contributed by atoms with van der Waals surface area (Å²) in [5.74, 6) is 1.01. The van der Waals surface area contributed by atoms with Crippen LogP contribution in [0.1, 0.15) is 36.3 Å². The summed E-state index contributed by atoms with van der Waals surface area (Å²) in [7, 11) is 0. The van der Waals surface area contributed by atoms with E-state index in [4.69, 9.17) is 0 Å². The Balaban J connectivity index is 1.55. The van der Waals surface area contributed by atoms with Crippen LogP contribution in [-0.4, -0.2) is 15.5 Å². The van der Waals surface area contributed by atoms with E-state index in [1.807, 2.05) is 34.9 Å². The number of benzene rings is 2. The van der Waals surface area contributed by atoms with Crippen molar-refractivity contribution in [2.24, 2.45) is 0 Å². The summed E-state index contributed by atoms with van der Waals surface area (Å²) in [5.41, 5.74) is 4.59. The number of para-hydroxylation sites is 2. The minimum Gasteiger partial charge on any atom is -0.348 e. The highest BCUT2D eigenvalue weighted by Gasteiger charge is 2.23. The highest BCUT2D eigenvalue weighted by atomic mass is 16.2. The van der Waals surface area contributed by atoms with Gasteiger partial charge in [-0.25, -0.2) is 4.98 Å².